The molecular weight excluding hydrogens is 444 g/mol. The van der Waals surface area contributed by atoms with E-state index in [1.54, 1.807) is 20.3 Å². The molecule has 35 heavy (non-hydrogen) atoms. The van der Waals surface area contributed by atoms with Gasteiger partial charge in [-0.3, -0.25) is 4.79 Å². The van der Waals surface area contributed by atoms with Gasteiger partial charge in [-0.2, -0.15) is 0 Å². The molecule has 188 valence electrons. The van der Waals surface area contributed by atoms with E-state index in [2.05, 4.69) is 25.8 Å². The van der Waals surface area contributed by atoms with E-state index in [1.807, 2.05) is 16.8 Å². The van der Waals surface area contributed by atoms with Crippen molar-refractivity contribution in [3.8, 4) is 11.5 Å². The largest absolute Gasteiger partial charge is 0.493 e. The Balaban J connectivity index is 1.55. The fourth-order valence-corrected chi connectivity index (χ4v) is 5.76. The molecule has 2 aliphatic rings. The molecule has 2 aliphatic carbocycles. The molecule has 0 radical (unpaired) electrons. The number of aromatic nitrogens is 5. The van der Waals surface area contributed by atoms with Crippen LogP contribution in [0, 0.1) is 5.92 Å². The number of hydrogen-bond acceptors (Lipinski definition) is 7. The van der Waals surface area contributed by atoms with E-state index in [0.29, 0.717) is 28.5 Å². The maximum atomic E-state index is 13.4. The summed E-state index contributed by atoms with van der Waals surface area (Å²) in [5.41, 5.74) is 1.17. The van der Waals surface area contributed by atoms with Crippen LogP contribution in [0.4, 0.5) is 0 Å². The highest BCUT2D eigenvalue weighted by atomic mass is 16.5. The van der Waals surface area contributed by atoms with Crippen LogP contribution in [-0.4, -0.2) is 46.0 Å². The molecular formula is C26H36N6O3. The first-order valence-electron chi connectivity index (χ1n) is 13.0. The van der Waals surface area contributed by atoms with Crippen LogP contribution in [0.25, 0.3) is 10.9 Å². The third-order valence-electron chi connectivity index (χ3n) is 7.72. The summed E-state index contributed by atoms with van der Waals surface area (Å²) in [7, 11) is 3.20. The molecule has 2 heterocycles. The minimum atomic E-state index is -0.393. The second-order valence-corrected chi connectivity index (χ2v) is 9.97. The van der Waals surface area contributed by atoms with Crippen LogP contribution in [0.5, 0.6) is 11.5 Å². The fourth-order valence-electron chi connectivity index (χ4n) is 5.76. The second kappa shape index (κ2) is 10.8. The monoisotopic (exact) mass is 480 g/mol. The Morgan fingerprint density at radius 2 is 1.69 bits per heavy atom. The normalized spacial score (nSPS) is 18.6. The van der Waals surface area contributed by atoms with Gasteiger partial charge in [-0.1, -0.05) is 38.5 Å². The lowest BCUT2D eigenvalue weighted by molar-refractivity contribution is 0.301. The highest BCUT2D eigenvalue weighted by Gasteiger charge is 2.29. The van der Waals surface area contributed by atoms with E-state index in [1.165, 1.54) is 51.4 Å². The van der Waals surface area contributed by atoms with Crippen molar-refractivity contribution in [3.63, 3.8) is 0 Å². The zero-order valence-electron chi connectivity index (χ0n) is 20.8. The topological polar surface area (TPSA) is 107 Å². The summed E-state index contributed by atoms with van der Waals surface area (Å²) in [5.74, 6) is 2.53. The van der Waals surface area contributed by atoms with Gasteiger partial charge in [0, 0.05) is 17.0 Å². The number of pyridine rings is 1. The Labute approximate surface area is 205 Å². The number of nitrogens with zero attached hydrogens (tertiary/aromatic N) is 4. The van der Waals surface area contributed by atoms with E-state index in [0.717, 1.165) is 30.6 Å². The molecule has 0 saturated heterocycles. The number of benzene rings is 1. The molecule has 0 aliphatic heterocycles. The molecule has 2 aromatic heterocycles. The van der Waals surface area contributed by atoms with E-state index in [4.69, 9.17) is 9.47 Å². The SMILES string of the molecule is COc1cc2cc(C(NCC3CCCCC3)c3nnnn3C3CCCCC3)c(=O)[nH]c2cc1OC. The van der Waals surface area contributed by atoms with Crippen molar-refractivity contribution in [2.45, 2.75) is 76.3 Å². The standard InChI is InChI=1S/C26H36N6O3/c1-34-22-14-18-13-20(26(33)28-21(18)15-23(22)35-2)24(27-16-17-9-5-3-6-10-17)25-29-30-31-32(25)19-11-7-4-8-12-19/h13-15,17,19,24,27H,3-12,16H2,1-2H3,(H,28,33). The van der Waals surface area contributed by atoms with Gasteiger partial charge in [0.25, 0.3) is 5.56 Å². The Morgan fingerprint density at radius 3 is 2.40 bits per heavy atom. The molecule has 0 amide bonds. The van der Waals surface area contributed by atoms with Gasteiger partial charge in [-0.15, -0.1) is 5.10 Å². The number of methoxy groups -OCH3 is 2. The lowest BCUT2D eigenvalue weighted by atomic mass is 9.89. The summed E-state index contributed by atoms with van der Waals surface area (Å²) < 4.78 is 12.9. The molecule has 2 fully saturated rings. The molecule has 1 aromatic carbocycles. The maximum absolute atomic E-state index is 13.4. The first-order valence-corrected chi connectivity index (χ1v) is 13.0. The van der Waals surface area contributed by atoms with E-state index in [9.17, 15) is 4.79 Å². The number of H-pyrrole nitrogens is 1. The van der Waals surface area contributed by atoms with Gasteiger partial charge in [0.15, 0.2) is 17.3 Å². The first kappa shape index (κ1) is 23.8. The first-order chi connectivity index (χ1) is 17.2. The minimum Gasteiger partial charge on any atom is -0.493 e. The Morgan fingerprint density at radius 1 is 1.00 bits per heavy atom. The molecule has 9 heteroatoms. The van der Waals surface area contributed by atoms with Gasteiger partial charge in [-0.05, 0) is 60.7 Å². The van der Waals surface area contributed by atoms with Crippen molar-refractivity contribution in [2.75, 3.05) is 20.8 Å². The second-order valence-electron chi connectivity index (χ2n) is 9.97. The molecule has 1 unspecified atom stereocenters. The van der Waals surface area contributed by atoms with Gasteiger partial charge in [0.1, 0.15) is 6.04 Å². The molecule has 2 saturated carbocycles. The van der Waals surface area contributed by atoms with Crippen molar-refractivity contribution in [1.29, 1.82) is 0 Å². The van der Waals surface area contributed by atoms with E-state index in [-0.39, 0.29) is 11.6 Å². The van der Waals surface area contributed by atoms with Gasteiger partial charge < -0.3 is 19.8 Å². The fraction of sp³-hybridized carbons (Fsp3) is 0.615. The van der Waals surface area contributed by atoms with Crippen LogP contribution in [-0.2, 0) is 0 Å². The average molecular weight is 481 g/mol. The van der Waals surface area contributed by atoms with Crippen LogP contribution in [0.15, 0.2) is 23.0 Å². The lowest BCUT2D eigenvalue weighted by Gasteiger charge is -2.27. The van der Waals surface area contributed by atoms with Crippen molar-refractivity contribution in [1.82, 2.24) is 30.5 Å². The smallest absolute Gasteiger partial charge is 0.253 e. The van der Waals surface area contributed by atoms with Gasteiger partial charge in [0.2, 0.25) is 0 Å². The Hall–Kier alpha value is -2.94. The number of nitrogens with one attached hydrogen (secondary N) is 2. The van der Waals surface area contributed by atoms with Crippen LogP contribution in [0.1, 0.15) is 87.7 Å². The molecule has 0 bridgehead atoms. The average Bonchev–Trinajstić information content (AvgIpc) is 3.39. The van der Waals surface area contributed by atoms with Crippen LogP contribution >= 0.6 is 0 Å². The zero-order chi connectivity index (χ0) is 24.2. The molecule has 9 nitrogen and oxygen atoms in total. The number of hydrogen-bond donors (Lipinski definition) is 2. The number of fused-ring (bicyclic) bond motifs is 1. The van der Waals surface area contributed by atoms with Crippen LogP contribution in [0.2, 0.25) is 0 Å². The molecule has 0 spiro atoms. The summed E-state index contributed by atoms with van der Waals surface area (Å²) in [6, 6.07) is 5.52. The van der Waals surface area contributed by atoms with Crippen LogP contribution < -0.4 is 20.3 Å². The quantitative estimate of drug-likeness (QED) is 0.495. The summed E-state index contributed by atoms with van der Waals surface area (Å²) in [4.78, 5) is 16.5. The highest BCUT2D eigenvalue weighted by molar-refractivity contribution is 5.83. The third kappa shape index (κ3) is 5.05. The van der Waals surface area contributed by atoms with Gasteiger partial charge >= 0.3 is 0 Å². The summed E-state index contributed by atoms with van der Waals surface area (Å²) in [6.45, 7) is 0.839. The maximum Gasteiger partial charge on any atom is 0.253 e. The van der Waals surface area contributed by atoms with Crippen molar-refractivity contribution >= 4 is 10.9 Å². The highest BCUT2D eigenvalue weighted by Crippen LogP contribution is 2.34. The van der Waals surface area contributed by atoms with Crippen LogP contribution in [0.3, 0.4) is 0 Å². The Kier molecular flexibility index (Phi) is 7.32. The third-order valence-corrected chi connectivity index (χ3v) is 7.72. The van der Waals surface area contributed by atoms with Crippen molar-refractivity contribution in [3.05, 3.63) is 39.9 Å². The van der Waals surface area contributed by atoms with Crippen molar-refractivity contribution < 1.29 is 9.47 Å². The number of ether oxygens (including phenoxy) is 2. The summed E-state index contributed by atoms with van der Waals surface area (Å²) in [6.07, 6.45) is 12.1. The van der Waals surface area contributed by atoms with E-state index >= 15 is 0 Å². The van der Waals surface area contributed by atoms with Gasteiger partial charge in [-0.25, -0.2) is 4.68 Å². The van der Waals surface area contributed by atoms with Gasteiger partial charge in [0.05, 0.1) is 25.8 Å². The van der Waals surface area contributed by atoms with E-state index < -0.39 is 6.04 Å². The summed E-state index contributed by atoms with van der Waals surface area (Å²) >= 11 is 0. The zero-order valence-corrected chi connectivity index (χ0v) is 20.8. The predicted octanol–water partition coefficient (Wildman–Crippen LogP) is 4.30. The number of rotatable bonds is 8. The Bertz CT molecular complexity index is 1190. The van der Waals surface area contributed by atoms with Crippen molar-refractivity contribution in [2.24, 2.45) is 5.92 Å². The lowest BCUT2D eigenvalue weighted by Crippen LogP contribution is -2.35. The molecule has 1 atom stereocenters. The molecule has 3 aromatic rings. The number of aromatic amines is 1. The predicted molar refractivity (Wildman–Crippen MR) is 134 cm³/mol. The summed E-state index contributed by atoms with van der Waals surface area (Å²) in [5, 5.41) is 17.5. The number of tetrazole rings is 1. The minimum absolute atomic E-state index is 0.149. The molecule has 5 rings (SSSR count). The molecule has 2 N–H and O–H groups in total.